The highest BCUT2D eigenvalue weighted by atomic mass is 35.5. The van der Waals surface area contributed by atoms with Gasteiger partial charge < -0.3 is 14.8 Å². The molecule has 0 aromatic heterocycles. The molecular formula is C21H26ClNO3. The van der Waals surface area contributed by atoms with Gasteiger partial charge in [0, 0.05) is 22.2 Å². The molecule has 1 N–H and O–H groups in total. The molecule has 0 spiro atoms. The summed E-state index contributed by atoms with van der Waals surface area (Å²) < 4.78 is 11.5. The van der Waals surface area contributed by atoms with Crippen molar-refractivity contribution >= 4 is 17.5 Å². The van der Waals surface area contributed by atoms with Gasteiger partial charge in [0.05, 0.1) is 6.61 Å². The molecule has 1 amide bonds. The summed E-state index contributed by atoms with van der Waals surface area (Å²) in [5.74, 6) is 1.30. The average Bonchev–Trinajstić information content (AvgIpc) is 2.61. The fraction of sp³-hybridized carbons (Fsp3) is 0.381. The summed E-state index contributed by atoms with van der Waals surface area (Å²) in [6, 6.07) is 12.8. The second kappa shape index (κ2) is 10.1. The Hall–Kier alpha value is -2.20. The molecule has 0 fully saturated rings. The second-order valence-corrected chi connectivity index (χ2v) is 6.60. The van der Waals surface area contributed by atoms with Crippen LogP contribution >= 0.6 is 11.6 Å². The number of hydrogen-bond donors (Lipinski definition) is 1. The van der Waals surface area contributed by atoms with Crippen molar-refractivity contribution in [2.45, 2.75) is 46.3 Å². The largest absolute Gasteiger partial charge is 0.493 e. The van der Waals surface area contributed by atoms with Gasteiger partial charge in [0.2, 0.25) is 0 Å². The van der Waals surface area contributed by atoms with Crippen molar-refractivity contribution < 1.29 is 14.3 Å². The van der Waals surface area contributed by atoms with E-state index in [1.54, 1.807) is 18.2 Å². The molecule has 140 valence electrons. The molecule has 0 saturated heterocycles. The molecule has 0 aliphatic rings. The summed E-state index contributed by atoms with van der Waals surface area (Å²) in [6.45, 7) is 6.88. The van der Waals surface area contributed by atoms with Crippen LogP contribution in [0.4, 0.5) is 0 Å². The molecular weight excluding hydrogens is 350 g/mol. The number of ether oxygens (including phenoxy) is 2. The van der Waals surface area contributed by atoms with Gasteiger partial charge in [0.25, 0.3) is 5.91 Å². The van der Waals surface area contributed by atoms with Crippen LogP contribution < -0.4 is 14.8 Å². The summed E-state index contributed by atoms with van der Waals surface area (Å²) in [7, 11) is 0. The Balaban J connectivity index is 2.15. The zero-order valence-corrected chi connectivity index (χ0v) is 16.3. The lowest BCUT2D eigenvalue weighted by atomic mass is 10.1. The Labute approximate surface area is 160 Å². The monoisotopic (exact) mass is 375 g/mol. The van der Waals surface area contributed by atoms with Crippen LogP contribution in [0, 0.1) is 0 Å². The van der Waals surface area contributed by atoms with E-state index in [9.17, 15) is 4.79 Å². The zero-order chi connectivity index (χ0) is 18.9. The first-order valence-electron chi connectivity index (χ1n) is 8.98. The van der Waals surface area contributed by atoms with Crippen LogP contribution in [0.25, 0.3) is 0 Å². The van der Waals surface area contributed by atoms with Gasteiger partial charge in [0.1, 0.15) is 18.1 Å². The molecule has 2 aromatic rings. The molecule has 26 heavy (non-hydrogen) atoms. The van der Waals surface area contributed by atoms with Crippen LogP contribution in [0.5, 0.6) is 11.5 Å². The van der Waals surface area contributed by atoms with Crippen LogP contribution in [0.15, 0.2) is 42.5 Å². The molecule has 0 aliphatic heterocycles. The number of benzene rings is 2. The van der Waals surface area contributed by atoms with Crippen molar-refractivity contribution in [1.29, 1.82) is 0 Å². The van der Waals surface area contributed by atoms with Gasteiger partial charge in [-0.3, -0.25) is 4.79 Å². The second-order valence-electron chi connectivity index (χ2n) is 6.16. The topological polar surface area (TPSA) is 47.6 Å². The summed E-state index contributed by atoms with van der Waals surface area (Å²) >= 11 is 5.99. The van der Waals surface area contributed by atoms with Crippen molar-refractivity contribution in [3.05, 3.63) is 58.6 Å². The first-order valence-corrected chi connectivity index (χ1v) is 9.36. The lowest BCUT2D eigenvalue weighted by Crippen LogP contribution is -2.32. The number of carbonyl (C=O) groups excluding carboxylic acids is 1. The van der Waals surface area contributed by atoms with Gasteiger partial charge in [-0.15, -0.1) is 0 Å². The average molecular weight is 376 g/mol. The molecule has 5 heteroatoms. The summed E-state index contributed by atoms with van der Waals surface area (Å²) in [6.07, 6.45) is 1.98. The molecule has 0 heterocycles. The number of nitrogens with one attached hydrogen (secondary N) is 1. The van der Waals surface area contributed by atoms with E-state index >= 15 is 0 Å². The van der Waals surface area contributed by atoms with E-state index in [4.69, 9.17) is 21.1 Å². The Bertz CT molecular complexity index is 733. The quantitative estimate of drug-likeness (QED) is 0.652. The number of amides is 1. The van der Waals surface area contributed by atoms with Crippen molar-refractivity contribution in [1.82, 2.24) is 5.32 Å². The molecule has 0 radical (unpaired) electrons. The maximum Gasteiger partial charge on any atom is 0.251 e. The van der Waals surface area contributed by atoms with Gasteiger partial charge in [0.15, 0.2) is 0 Å². The smallest absolute Gasteiger partial charge is 0.251 e. The highest BCUT2D eigenvalue weighted by Gasteiger charge is 2.13. The van der Waals surface area contributed by atoms with E-state index < -0.39 is 0 Å². The van der Waals surface area contributed by atoms with Crippen molar-refractivity contribution in [3.63, 3.8) is 0 Å². The Kier molecular flexibility index (Phi) is 7.79. The normalized spacial score (nSPS) is 11.7. The Morgan fingerprint density at radius 2 is 1.96 bits per heavy atom. The van der Waals surface area contributed by atoms with Crippen LogP contribution in [-0.4, -0.2) is 18.6 Å². The minimum atomic E-state index is -0.0852. The first kappa shape index (κ1) is 20.1. The van der Waals surface area contributed by atoms with Gasteiger partial charge in [-0.05, 0) is 56.7 Å². The van der Waals surface area contributed by atoms with E-state index in [1.807, 2.05) is 38.1 Å². The molecule has 1 atom stereocenters. The molecule has 0 aliphatic carbocycles. The fourth-order valence-corrected chi connectivity index (χ4v) is 2.84. The Morgan fingerprint density at radius 3 is 2.65 bits per heavy atom. The minimum Gasteiger partial charge on any atom is -0.493 e. The van der Waals surface area contributed by atoms with E-state index in [0.717, 1.165) is 18.4 Å². The predicted octanol–water partition coefficient (Wildman–Crippen LogP) is 5.24. The molecule has 0 saturated carbocycles. The van der Waals surface area contributed by atoms with Crippen LogP contribution in [0.3, 0.4) is 0 Å². The molecule has 0 bridgehead atoms. The summed E-state index contributed by atoms with van der Waals surface area (Å²) in [5.41, 5.74) is 1.42. The zero-order valence-electron chi connectivity index (χ0n) is 15.5. The third-order valence-electron chi connectivity index (χ3n) is 3.91. The van der Waals surface area contributed by atoms with Gasteiger partial charge in [-0.1, -0.05) is 31.0 Å². The van der Waals surface area contributed by atoms with Crippen molar-refractivity contribution in [2.75, 3.05) is 6.61 Å². The first-order chi connectivity index (χ1) is 12.5. The van der Waals surface area contributed by atoms with E-state index in [2.05, 4.69) is 12.2 Å². The fourth-order valence-electron chi connectivity index (χ4n) is 2.66. The third-order valence-corrected chi connectivity index (χ3v) is 4.15. The predicted molar refractivity (Wildman–Crippen MR) is 105 cm³/mol. The maximum atomic E-state index is 12.5. The van der Waals surface area contributed by atoms with Gasteiger partial charge in [-0.2, -0.15) is 0 Å². The molecule has 1 unspecified atom stereocenters. The number of hydrogen-bond acceptors (Lipinski definition) is 3. The van der Waals surface area contributed by atoms with Crippen molar-refractivity contribution in [2.24, 2.45) is 0 Å². The molecule has 2 rings (SSSR count). The van der Waals surface area contributed by atoms with Crippen molar-refractivity contribution in [3.8, 4) is 11.5 Å². The standard InChI is InChI=1S/C21H26ClNO3/c1-4-7-15(3)23-21(24)16-10-11-20(25-5-2)17(12-16)14-26-19-9-6-8-18(22)13-19/h6,8-13,15H,4-5,7,14H2,1-3H3,(H,23,24). The highest BCUT2D eigenvalue weighted by molar-refractivity contribution is 6.30. The van der Waals surface area contributed by atoms with E-state index in [-0.39, 0.29) is 11.9 Å². The minimum absolute atomic E-state index is 0.0852. The van der Waals surface area contributed by atoms with Crippen LogP contribution in [-0.2, 0) is 6.61 Å². The van der Waals surface area contributed by atoms with E-state index in [1.165, 1.54) is 0 Å². The number of rotatable bonds is 9. The summed E-state index contributed by atoms with van der Waals surface area (Å²) in [4.78, 5) is 12.5. The summed E-state index contributed by atoms with van der Waals surface area (Å²) in [5, 5.41) is 3.64. The lowest BCUT2D eigenvalue weighted by Gasteiger charge is -2.15. The van der Waals surface area contributed by atoms with Crippen LogP contribution in [0.1, 0.15) is 49.5 Å². The van der Waals surface area contributed by atoms with E-state index in [0.29, 0.717) is 35.3 Å². The van der Waals surface area contributed by atoms with Crippen LogP contribution in [0.2, 0.25) is 5.02 Å². The lowest BCUT2D eigenvalue weighted by molar-refractivity contribution is 0.0938. The number of carbonyl (C=O) groups is 1. The SMILES string of the molecule is CCCC(C)NC(=O)c1ccc(OCC)c(COc2cccc(Cl)c2)c1. The van der Waals surface area contributed by atoms with Gasteiger partial charge in [-0.25, -0.2) is 0 Å². The highest BCUT2D eigenvalue weighted by Crippen LogP contribution is 2.24. The number of halogens is 1. The molecule has 2 aromatic carbocycles. The third kappa shape index (κ3) is 5.95. The van der Waals surface area contributed by atoms with Gasteiger partial charge >= 0.3 is 0 Å². The Morgan fingerprint density at radius 1 is 1.15 bits per heavy atom. The maximum absolute atomic E-state index is 12.5. The molecule has 4 nitrogen and oxygen atoms in total.